The molecule has 1 aromatic carbocycles. The van der Waals surface area contributed by atoms with Gasteiger partial charge in [0, 0.05) is 42.1 Å². The molecule has 26 heavy (non-hydrogen) atoms. The molecular formula is C19H23N5O2. The Morgan fingerprint density at radius 3 is 2.50 bits per heavy atom. The smallest absolute Gasteiger partial charge is 0.227 e. The Hall–Kier alpha value is -2.67. The molecule has 2 fully saturated rings. The van der Waals surface area contributed by atoms with E-state index in [9.17, 15) is 4.79 Å². The standard InChI is InChI=1S/C19H23N5O2/c1-13-12-17(23-19(20-13)24-8-10-26-11-9-24)21-15-4-6-16(7-5-15)22-18(25)14-2-3-14/h4-7,12,14H,2-3,8-11H2,1H3,(H,22,25)(H,20,21,23). The zero-order chi connectivity index (χ0) is 17.9. The summed E-state index contributed by atoms with van der Waals surface area (Å²) in [5.41, 5.74) is 2.65. The molecule has 1 amide bonds. The van der Waals surface area contributed by atoms with Crippen molar-refractivity contribution in [3.63, 3.8) is 0 Å². The lowest BCUT2D eigenvalue weighted by Gasteiger charge is -2.27. The van der Waals surface area contributed by atoms with Gasteiger partial charge in [-0.1, -0.05) is 0 Å². The first-order chi connectivity index (χ1) is 12.7. The number of aromatic nitrogens is 2. The number of ether oxygens (including phenoxy) is 1. The molecule has 1 aromatic heterocycles. The van der Waals surface area contributed by atoms with Crippen molar-refractivity contribution in [2.45, 2.75) is 19.8 Å². The molecule has 1 saturated carbocycles. The Kier molecular flexibility index (Phi) is 4.71. The second-order valence-corrected chi connectivity index (χ2v) is 6.76. The molecule has 136 valence electrons. The van der Waals surface area contributed by atoms with Crippen LogP contribution in [0.3, 0.4) is 0 Å². The van der Waals surface area contributed by atoms with Crippen LogP contribution in [0.15, 0.2) is 30.3 Å². The Balaban J connectivity index is 1.44. The van der Waals surface area contributed by atoms with Crippen molar-refractivity contribution in [1.82, 2.24) is 9.97 Å². The van der Waals surface area contributed by atoms with Gasteiger partial charge in [0.1, 0.15) is 5.82 Å². The molecule has 2 N–H and O–H groups in total. The zero-order valence-corrected chi connectivity index (χ0v) is 14.9. The van der Waals surface area contributed by atoms with Crippen molar-refractivity contribution in [2.24, 2.45) is 5.92 Å². The first-order valence-corrected chi connectivity index (χ1v) is 9.04. The maximum absolute atomic E-state index is 11.8. The molecule has 0 spiro atoms. The van der Waals surface area contributed by atoms with Gasteiger partial charge in [-0.2, -0.15) is 4.98 Å². The molecule has 7 nitrogen and oxygen atoms in total. The number of carbonyl (C=O) groups excluding carboxylic acids is 1. The first-order valence-electron chi connectivity index (χ1n) is 9.04. The minimum atomic E-state index is 0.118. The van der Waals surface area contributed by atoms with Gasteiger partial charge >= 0.3 is 0 Å². The summed E-state index contributed by atoms with van der Waals surface area (Å²) in [6.07, 6.45) is 2.01. The quantitative estimate of drug-likeness (QED) is 0.860. The summed E-state index contributed by atoms with van der Waals surface area (Å²) in [5.74, 6) is 1.81. The maximum atomic E-state index is 11.8. The summed E-state index contributed by atoms with van der Waals surface area (Å²) in [5, 5.41) is 6.26. The third kappa shape index (κ3) is 4.11. The fraction of sp³-hybridized carbons (Fsp3) is 0.421. The Morgan fingerprint density at radius 1 is 1.12 bits per heavy atom. The summed E-state index contributed by atoms with van der Waals surface area (Å²) >= 11 is 0. The lowest BCUT2D eigenvalue weighted by atomic mass is 10.2. The number of morpholine rings is 1. The molecule has 1 aliphatic heterocycles. The second kappa shape index (κ2) is 7.29. The number of carbonyl (C=O) groups is 1. The molecule has 0 bridgehead atoms. The largest absolute Gasteiger partial charge is 0.378 e. The van der Waals surface area contributed by atoms with Crippen molar-refractivity contribution in [1.29, 1.82) is 0 Å². The van der Waals surface area contributed by atoms with E-state index in [4.69, 9.17) is 4.74 Å². The predicted octanol–water partition coefficient (Wildman–Crippen LogP) is 2.71. The van der Waals surface area contributed by atoms with Crippen LogP contribution in [0.25, 0.3) is 0 Å². The molecular weight excluding hydrogens is 330 g/mol. The van der Waals surface area contributed by atoms with Crippen LogP contribution in [-0.2, 0) is 9.53 Å². The van der Waals surface area contributed by atoms with Crippen LogP contribution >= 0.6 is 0 Å². The normalized spacial score (nSPS) is 17.0. The van der Waals surface area contributed by atoms with Gasteiger partial charge in [0.25, 0.3) is 0 Å². The lowest BCUT2D eigenvalue weighted by Crippen LogP contribution is -2.37. The van der Waals surface area contributed by atoms with Crippen molar-refractivity contribution in [3.8, 4) is 0 Å². The van der Waals surface area contributed by atoms with Crippen LogP contribution < -0.4 is 15.5 Å². The van der Waals surface area contributed by atoms with E-state index in [0.29, 0.717) is 13.2 Å². The van der Waals surface area contributed by atoms with E-state index in [1.165, 1.54) is 0 Å². The van der Waals surface area contributed by atoms with Gasteiger partial charge in [-0.05, 0) is 44.0 Å². The summed E-state index contributed by atoms with van der Waals surface area (Å²) in [6.45, 7) is 4.98. The Bertz CT molecular complexity index is 783. The topological polar surface area (TPSA) is 79.4 Å². The molecule has 1 aliphatic carbocycles. The minimum Gasteiger partial charge on any atom is -0.378 e. The number of aryl methyl sites for hydroxylation is 1. The predicted molar refractivity (Wildman–Crippen MR) is 101 cm³/mol. The highest BCUT2D eigenvalue weighted by Gasteiger charge is 2.29. The number of benzene rings is 1. The van der Waals surface area contributed by atoms with Crippen LogP contribution in [-0.4, -0.2) is 42.2 Å². The molecule has 1 saturated heterocycles. The van der Waals surface area contributed by atoms with Crippen LogP contribution in [0.2, 0.25) is 0 Å². The average Bonchev–Trinajstić information content (AvgIpc) is 3.49. The summed E-state index contributed by atoms with van der Waals surface area (Å²) in [7, 11) is 0. The molecule has 4 rings (SSSR count). The Labute approximate surface area is 152 Å². The Morgan fingerprint density at radius 2 is 1.81 bits per heavy atom. The van der Waals surface area contributed by atoms with Crippen LogP contribution in [0.1, 0.15) is 18.5 Å². The third-order valence-corrected chi connectivity index (χ3v) is 4.51. The minimum absolute atomic E-state index is 0.118. The number of hydrogen-bond acceptors (Lipinski definition) is 6. The number of hydrogen-bond donors (Lipinski definition) is 2. The van der Waals surface area contributed by atoms with E-state index < -0.39 is 0 Å². The molecule has 0 radical (unpaired) electrons. The maximum Gasteiger partial charge on any atom is 0.227 e. The fourth-order valence-electron chi connectivity index (χ4n) is 2.90. The van der Waals surface area contributed by atoms with E-state index >= 15 is 0 Å². The molecule has 0 atom stereocenters. The van der Waals surface area contributed by atoms with E-state index in [1.807, 2.05) is 37.3 Å². The zero-order valence-electron chi connectivity index (χ0n) is 14.9. The van der Waals surface area contributed by atoms with Gasteiger partial charge < -0.3 is 20.3 Å². The number of anilines is 4. The fourth-order valence-corrected chi connectivity index (χ4v) is 2.90. The molecule has 0 unspecified atom stereocenters. The molecule has 7 heteroatoms. The van der Waals surface area contributed by atoms with Crippen LogP contribution in [0, 0.1) is 12.8 Å². The first kappa shape index (κ1) is 16.8. The van der Waals surface area contributed by atoms with E-state index in [2.05, 4.69) is 25.5 Å². The van der Waals surface area contributed by atoms with Gasteiger partial charge in [-0.25, -0.2) is 4.98 Å². The summed E-state index contributed by atoms with van der Waals surface area (Å²) in [4.78, 5) is 23.1. The van der Waals surface area contributed by atoms with Gasteiger partial charge in [0.05, 0.1) is 13.2 Å². The number of nitrogens with zero attached hydrogens (tertiary/aromatic N) is 3. The van der Waals surface area contributed by atoms with Crippen LogP contribution in [0.5, 0.6) is 0 Å². The van der Waals surface area contributed by atoms with Gasteiger partial charge in [0.2, 0.25) is 11.9 Å². The number of nitrogens with one attached hydrogen (secondary N) is 2. The van der Waals surface area contributed by atoms with E-state index in [-0.39, 0.29) is 11.8 Å². The molecule has 2 aromatic rings. The van der Waals surface area contributed by atoms with Crippen molar-refractivity contribution in [3.05, 3.63) is 36.0 Å². The van der Waals surface area contributed by atoms with Gasteiger partial charge in [-0.15, -0.1) is 0 Å². The van der Waals surface area contributed by atoms with Gasteiger partial charge in [-0.3, -0.25) is 4.79 Å². The van der Waals surface area contributed by atoms with Crippen molar-refractivity contribution in [2.75, 3.05) is 41.8 Å². The lowest BCUT2D eigenvalue weighted by molar-refractivity contribution is -0.117. The van der Waals surface area contributed by atoms with E-state index in [0.717, 1.165) is 54.8 Å². The second-order valence-electron chi connectivity index (χ2n) is 6.76. The monoisotopic (exact) mass is 353 g/mol. The highest BCUT2D eigenvalue weighted by Crippen LogP contribution is 2.30. The highest BCUT2D eigenvalue weighted by atomic mass is 16.5. The van der Waals surface area contributed by atoms with Crippen molar-refractivity contribution < 1.29 is 9.53 Å². The average molecular weight is 353 g/mol. The van der Waals surface area contributed by atoms with Crippen LogP contribution in [0.4, 0.5) is 23.1 Å². The van der Waals surface area contributed by atoms with Crippen molar-refractivity contribution >= 4 is 29.0 Å². The molecule has 2 heterocycles. The summed E-state index contributed by atoms with van der Waals surface area (Å²) in [6, 6.07) is 9.61. The van der Waals surface area contributed by atoms with Gasteiger partial charge in [0.15, 0.2) is 0 Å². The summed E-state index contributed by atoms with van der Waals surface area (Å²) < 4.78 is 5.39. The highest BCUT2D eigenvalue weighted by molar-refractivity contribution is 5.94. The third-order valence-electron chi connectivity index (χ3n) is 4.51. The number of amides is 1. The molecule has 2 aliphatic rings. The van der Waals surface area contributed by atoms with E-state index in [1.54, 1.807) is 0 Å². The number of rotatable bonds is 5. The SMILES string of the molecule is Cc1cc(Nc2ccc(NC(=O)C3CC3)cc2)nc(N2CCOCC2)n1.